The maximum Gasteiger partial charge on any atom is 0.212 e. The van der Waals surface area contributed by atoms with Crippen molar-refractivity contribution in [3.8, 4) is 11.5 Å². The number of unbranched alkanes of at least 4 members (excludes halogenated alkanes) is 5. The van der Waals surface area contributed by atoms with Crippen LogP contribution in [0.15, 0.2) is 12.1 Å². The van der Waals surface area contributed by atoms with Crippen molar-refractivity contribution < 1.29 is 18.6 Å². The van der Waals surface area contributed by atoms with E-state index in [2.05, 4.69) is 11.6 Å². The highest BCUT2D eigenvalue weighted by atomic mass is 32.2. The van der Waals surface area contributed by atoms with E-state index in [1.54, 1.807) is 19.9 Å². The molecule has 1 rings (SSSR count). The monoisotopic (exact) mass is 413 g/mol. The van der Waals surface area contributed by atoms with Gasteiger partial charge in [-0.15, -0.1) is 0 Å². The zero-order valence-electron chi connectivity index (χ0n) is 18.4. The Morgan fingerprint density at radius 2 is 1.50 bits per heavy atom. The first kappa shape index (κ1) is 24.8. The van der Waals surface area contributed by atoms with Gasteiger partial charge >= 0.3 is 0 Å². The average molecular weight is 414 g/mol. The molecule has 0 atom stereocenters. The first-order chi connectivity index (χ1) is 12.8. The minimum atomic E-state index is -3.48. The van der Waals surface area contributed by atoms with Gasteiger partial charge in [0.15, 0.2) is 0 Å². The second kappa shape index (κ2) is 9.97. The van der Waals surface area contributed by atoms with Gasteiger partial charge in [-0.1, -0.05) is 79.7 Å². The second-order valence-corrected chi connectivity index (χ2v) is 11.2. The predicted octanol–water partition coefficient (Wildman–Crippen LogP) is 4.95. The van der Waals surface area contributed by atoms with Gasteiger partial charge in [0.25, 0.3) is 0 Å². The molecule has 6 heteroatoms. The van der Waals surface area contributed by atoms with E-state index in [-0.39, 0.29) is 17.3 Å². The molecule has 0 unspecified atom stereocenters. The van der Waals surface area contributed by atoms with Gasteiger partial charge in [0.05, 0.1) is 5.75 Å². The van der Waals surface area contributed by atoms with E-state index in [4.69, 9.17) is 0 Å². The summed E-state index contributed by atoms with van der Waals surface area (Å²) in [5.41, 5.74) is -0.296. The quantitative estimate of drug-likeness (QED) is 0.448. The van der Waals surface area contributed by atoms with Gasteiger partial charge in [-0.25, -0.2) is 13.1 Å². The Balaban J connectivity index is 2.82. The Morgan fingerprint density at radius 3 is 2.07 bits per heavy atom. The predicted molar refractivity (Wildman–Crippen MR) is 117 cm³/mol. The number of hydrogen-bond acceptors (Lipinski definition) is 4. The normalized spacial score (nSPS) is 13.1. The van der Waals surface area contributed by atoms with E-state index >= 15 is 0 Å². The van der Waals surface area contributed by atoms with Crippen molar-refractivity contribution in [2.75, 3.05) is 12.3 Å². The highest BCUT2D eigenvalue weighted by molar-refractivity contribution is 7.89. The minimum Gasteiger partial charge on any atom is -0.508 e. The molecule has 0 heterocycles. The van der Waals surface area contributed by atoms with Gasteiger partial charge in [0, 0.05) is 23.1 Å². The summed E-state index contributed by atoms with van der Waals surface area (Å²) in [6.07, 6.45) is 6.63. The van der Waals surface area contributed by atoms with Crippen molar-refractivity contribution in [1.29, 1.82) is 0 Å². The summed E-state index contributed by atoms with van der Waals surface area (Å²) in [6, 6.07) is 3.15. The molecule has 0 aliphatic rings. The fourth-order valence-electron chi connectivity index (χ4n) is 3.60. The van der Waals surface area contributed by atoms with Crippen LogP contribution in [0, 0.1) is 0 Å². The van der Waals surface area contributed by atoms with Crippen LogP contribution in [0.4, 0.5) is 0 Å². The summed E-state index contributed by atoms with van der Waals surface area (Å²) in [4.78, 5) is 0. The van der Waals surface area contributed by atoms with Crippen molar-refractivity contribution in [2.45, 2.75) is 90.9 Å². The Bertz CT molecular complexity index is 734. The number of sulfonamides is 1. The Morgan fingerprint density at radius 1 is 0.929 bits per heavy atom. The topological polar surface area (TPSA) is 86.6 Å². The number of hydrogen-bond donors (Lipinski definition) is 3. The van der Waals surface area contributed by atoms with Crippen LogP contribution in [0.25, 0.3) is 0 Å². The molecule has 1 aromatic rings. The SMILES string of the molecule is CCCCCCCCNS(=O)(=O)CC(C)(C)c1ccc(O)c(C(C)(C)C)c1O. The molecule has 0 fully saturated rings. The molecule has 28 heavy (non-hydrogen) atoms. The molecule has 0 spiro atoms. The van der Waals surface area contributed by atoms with Gasteiger partial charge < -0.3 is 10.2 Å². The van der Waals surface area contributed by atoms with Crippen molar-refractivity contribution in [3.05, 3.63) is 23.3 Å². The van der Waals surface area contributed by atoms with Crippen molar-refractivity contribution in [2.24, 2.45) is 0 Å². The van der Waals surface area contributed by atoms with Crippen LogP contribution in [0.2, 0.25) is 0 Å². The standard InChI is InChI=1S/C22H39NO4S/c1-7-8-9-10-11-12-15-23-28(26,27)16-22(5,6)17-13-14-18(24)19(20(17)25)21(2,3)4/h13-14,23-25H,7-12,15-16H2,1-6H3. The van der Waals surface area contributed by atoms with Crippen molar-refractivity contribution in [1.82, 2.24) is 4.72 Å². The average Bonchev–Trinajstić information content (AvgIpc) is 2.51. The summed E-state index contributed by atoms with van der Waals surface area (Å²) in [7, 11) is -3.48. The van der Waals surface area contributed by atoms with E-state index < -0.39 is 20.9 Å². The fourth-order valence-corrected chi connectivity index (χ4v) is 5.27. The van der Waals surface area contributed by atoms with Crippen LogP contribution in [0.5, 0.6) is 11.5 Å². The smallest absolute Gasteiger partial charge is 0.212 e. The van der Waals surface area contributed by atoms with Crippen LogP contribution in [-0.2, 0) is 20.9 Å². The molecule has 5 nitrogen and oxygen atoms in total. The van der Waals surface area contributed by atoms with E-state index in [0.29, 0.717) is 17.7 Å². The summed E-state index contributed by atoms with van der Waals surface area (Å²) in [5.74, 6) is -0.130. The molecule has 0 saturated carbocycles. The second-order valence-electron chi connectivity index (χ2n) is 9.41. The third-order valence-corrected chi connectivity index (χ3v) is 6.78. The number of phenolic OH excluding ortho intramolecular Hbond substituents is 2. The summed E-state index contributed by atoms with van der Waals surface area (Å²) < 4.78 is 27.8. The van der Waals surface area contributed by atoms with Crippen molar-refractivity contribution in [3.63, 3.8) is 0 Å². The number of benzene rings is 1. The highest BCUT2D eigenvalue weighted by Gasteiger charge is 2.34. The lowest BCUT2D eigenvalue weighted by molar-refractivity contribution is 0.397. The summed E-state index contributed by atoms with van der Waals surface area (Å²) >= 11 is 0. The molecular weight excluding hydrogens is 374 g/mol. The van der Waals surface area contributed by atoms with Gasteiger partial charge in [0.1, 0.15) is 11.5 Å². The van der Waals surface area contributed by atoms with Crippen molar-refractivity contribution >= 4 is 10.0 Å². The lowest BCUT2D eigenvalue weighted by atomic mass is 9.79. The number of nitrogens with one attached hydrogen (secondary N) is 1. The van der Waals surface area contributed by atoms with E-state index in [1.165, 1.54) is 25.3 Å². The van der Waals surface area contributed by atoms with E-state index in [9.17, 15) is 18.6 Å². The fraction of sp³-hybridized carbons (Fsp3) is 0.727. The summed E-state index contributed by atoms with van der Waals surface area (Å²) in [6.45, 7) is 11.9. The molecular formula is C22H39NO4S. The zero-order chi connectivity index (χ0) is 21.6. The maximum absolute atomic E-state index is 12.6. The number of phenols is 2. The third-order valence-electron chi connectivity index (χ3n) is 5.04. The Hall–Kier alpha value is -1.27. The van der Waals surface area contributed by atoms with Gasteiger partial charge in [-0.2, -0.15) is 0 Å². The van der Waals surface area contributed by atoms with Crippen LogP contribution in [-0.4, -0.2) is 30.9 Å². The van der Waals surface area contributed by atoms with Crippen LogP contribution >= 0.6 is 0 Å². The summed E-state index contributed by atoms with van der Waals surface area (Å²) in [5, 5.41) is 21.0. The van der Waals surface area contributed by atoms with E-state index in [0.717, 1.165) is 19.3 Å². The Labute approximate surface area is 171 Å². The van der Waals surface area contributed by atoms with Crippen LogP contribution in [0.1, 0.15) is 91.2 Å². The first-order valence-electron chi connectivity index (χ1n) is 10.3. The lowest BCUT2D eigenvalue weighted by Crippen LogP contribution is -2.36. The largest absolute Gasteiger partial charge is 0.508 e. The molecule has 0 saturated heterocycles. The van der Waals surface area contributed by atoms with E-state index in [1.807, 2.05) is 20.8 Å². The molecule has 3 N–H and O–H groups in total. The molecule has 0 aliphatic heterocycles. The zero-order valence-corrected chi connectivity index (χ0v) is 19.2. The Kier molecular flexibility index (Phi) is 8.82. The minimum absolute atomic E-state index is 0.0219. The van der Waals surface area contributed by atoms with Crippen LogP contribution in [0.3, 0.4) is 0 Å². The third kappa shape index (κ3) is 7.28. The maximum atomic E-state index is 12.6. The van der Waals surface area contributed by atoms with Crippen LogP contribution < -0.4 is 4.72 Å². The number of aromatic hydroxyl groups is 2. The van der Waals surface area contributed by atoms with Gasteiger partial charge in [0.2, 0.25) is 10.0 Å². The molecule has 162 valence electrons. The first-order valence-corrected chi connectivity index (χ1v) is 12.0. The number of rotatable bonds is 11. The molecule has 0 radical (unpaired) electrons. The molecule has 1 aromatic carbocycles. The molecule has 0 bridgehead atoms. The van der Waals surface area contributed by atoms with Gasteiger partial charge in [-0.05, 0) is 17.9 Å². The lowest BCUT2D eigenvalue weighted by Gasteiger charge is -2.30. The molecule has 0 aliphatic carbocycles. The van der Waals surface area contributed by atoms with Gasteiger partial charge in [-0.3, -0.25) is 0 Å². The molecule has 0 amide bonds. The molecule has 0 aromatic heterocycles. The highest BCUT2D eigenvalue weighted by Crippen LogP contribution is 2.43.